The van der Waals surface area contributed by atoms with Gasteiger partial charge in [-0.2, -0.15) is 8.78 Å². The van der Waals surface area contributed by atoms with Crippen LogP contribution in [0.25, 0.3) is 0 Å². The average molecular weight is 380 g/mol. The van der Waals surface area contributed by atoms with Crippen LogP contribution in [-0.2, 0) is 15.5 Å². The van der Waals surface area contributed by atoms with E-state index in [-0.39, 0.29) is 11.2 Å². The summed E-state index contributed by atoms with van der Waals surface area (Å²) in [5.74, 6) is 0.321. The second kappa shape index (κ2) is 7.34. The van der Waals surface area contributed by atoms with Crippen molar-refractivity contribution in [2.45, 2.75) is 12.8 Å². The largest absolute Gasteiger partial charge is 0.461 e. The van der Waals surface area contributed by atoms with E-state index in [0.717, 1.165) is 11.6 Å². The molecule has 0 aliphatic carbocycles. The third-order valence-corrected chi connectivity index (χ3v) is 3.42. The average Bonchev–Trinajstić information content (AvgIpc) is 2.54. The number of pyridine rings is 1. The monoisotopic (exact) mass is 379 g/mol. The van der Waals surface area contributed by atoms with Gasteiger partial charge in [0.1, 0.15) is 10.3 Å². The lowest BCUT2D eigenvalue weighted by atomic mass is 10.1. The molecule has 6 heteroatoms. The fraction of sp³-hybridized carbons (Fsp3) is 0.176. The molecule has 0 bridgehead atoms. The predicted octanol–water partition coefficient (Wildman–Crippen LogP) is 3.90. The molecule has 0 radical (unpaired) electrons. The number of hydrogen-bond acceptors (Lipinski definition) is 3. The second-order valence-electron chi connectivity index (χ2n) is 4.45. The van der Waals surface area contributed by atoms with Crippen molar-refractivity contribution in [1.29, 1.82) is 0 Å². The molecule has 0 saturated heterocycles. The summed E-state index contributed by atoms with van der Waals surface area (Å²) < 4.78 is 32.3. The maximum atomic E-state index is 13.9. The van der Waals surface area contributed by atoms with Gasteiger partial charge >= 0.3 is 11.9 Å². The Kier molecular flexibility index (Phi) is 5.45. The van der Waals surface area contributed by atoms with Crippen LogP contribution in [0.1, 0.15) is 23.7 Å². The van der Waals surface area contributed by atoms with Crippen molar-refractivity contribution in [3.8, 4) is 11.8 Å². The predicted molar refractivity (Wildman–Crippen MR) is 84.9 cm³/mol. The molecule has 0 N–H and O–H groups in total. The first-order chi connectivity index (χ1) is 10.9. The van der Waals surface area contributed by atoms with E-state index in [2.05, 4.69) is 37.5 Å². The number of benzene rings is 1. The topological polar surface area (TPSA) is 39.2 Å². The van der Waals surface area contributed by atoms with E-state index < -0.39 is 17.6 Å². The summed E-state index contributed by atoms with van der Waals surface area (Å²) in [6.45, 7) is 1.33. The summed E-state index contributed by atoms with van der Waals surface area (Å²) in [7, 11) is 0. The van der Waals surface area contributed by atoms with Gasteiger partial charge in [-0.1, -0.05) is 30.0 Å². The molecule has 0 spiro atoms. The van der Waals surface area contributed by atoms with E-state index in [1.807, 2.05) is 30.3 Å². The third kappa shape index (κ3) is 4.14. The molecule has 1 aromatic heterocycles. The number of carbonyl (C=O) groups is 1. The van der Waals surface area contributed by atoms with Crippen molar-refractivity contribution < 1.29 is 18.3 Å². The van der Waals surface area contributed by atoms with E-state index in [1.54, 1.807) is 0 Å². The van der Waals surface area contributed by atoms with E-state index in [1.165, 1.54) is 13.0 Å². The quantitative estimate of drug-likeness (QED) is 0.461. The Morgan fingerprint density at radius 1 is 1.22 bits per heavy atom. The normalized spacial score (nSPS) is 10.6. The van der Waals surface area contributed by atoms with Crippen LogP contribution in [0, 0.1) is 11.8 Å². The fourth-order valence-electron chi connectivity index (χ4n) is 1.69. The number of rotatable bonds is 3. The summed E-state index contributed by atoms with van der Waals surface area (Å²) in [4.78, 5) is 15.0. The number of halogens is 3. The van der Waals surface area contributed by atoms with Crippen LogP contribution in [0.3, 0.4) is 0 Å². The molecule has 0 aliphatic heterocycles. The maximum Gasteiger partial charge on any atom is 0.384 e. The minimum atomic E-state index is -3.80. The smallest absolute Gasteiger partial charge is 0.384 e. The van der Waals surface area contributed by atoms with Crippen molar-refractivity contribution in [2.24, 2.45) is 0 Å². The minimum absolute atomic E-state index is 0.129. The summed E-state index contributed by atoms with van der Waals surface area (Å²) in [5.41, 5.74) is 0.547. The van der Waals surface area contributed by atoms with E-state index in [0.29, 0.717) is 5.56 Å². The number of aromatic nitrogens is 1. The zero-order valence-electron chi connectivity index (χ0n) is 12.1. The second-order valence-corrected chi connectivity index (χ2v) is 5.20. The third-order valence-electron chi connectivity index (χ3n) is 2.82. The molecule has 118 valence electrons. The van der Waals surface area contributed by atoms with Crippen LogP contribution in [-0.4, -0.2) is 17.6 Å². The Morgan fingerprint density at radius 2 is 1.91 bits per heavy atom. The van der Waals surface area contributed by atoms with Crippen molar-refractivity contribution >= 4 is 21.9 Å². The van der Waals surface area contributed by atoms with Gasteiger partial charge in [0.25, 0.3) is 0 Å². The van der Waals surface area contributed by atoms with Crippen LogP contribution in [0.4, 0.5) is 8.78 Å². The molecular weight excluding hydrogens is 368 g/mol. The Labute approximate surface area is 140 Å². The number of nitrogens with zero attached hydrogens (tertiary/aromatic N) is 1. The molecule has 0 saturated carbocycles. The van der Waals surface area contributed by atoms with Gasteiger partial charge < -0.3 is 4.74 Å². The highest BCUT2D eigenvalue weighted by Crippen LogP contribution is 2.29. The van der Waals surface area contributed by atoms with Gasteiger partial charge in [-0.05, 0) is 47.1 Å². The highest BCUT2D eigenvalue weighted by Gasteiger charge is 2.44. The van der Waals surface area contributed by atoms with Crippen LogP contribution in [0.5, 0.6) is 0 Å². The molecule has 1 heterocycles. The molecular formula is C17H12BrF2NO2. The number of hydrogen-bond donors (Lipinski definition) is 0. The summed E-state index contributed by atoms with van der Waals surface area (Å²) in [6.07, 6.45) is 0. The molecule has 23 heavy (non-hydrogen) atoms. The van der Waals surface area contributed by atoms with Gasteiger partial charge in [0.05, 0.1) is 12.2 Å². The van der Waals surface area contributed by atoms with Crippen LogP contribution >= 0.6 is 15.9 Å². The molecule has 1 aromatic carbocycles. The van der Waals surface area contributed by atoms with Gasteiger partial charge in [-0.25, -0.2) is 9.78 Å². The molecule has 0 aliphatic rings. The molecule has 0 fully saturated rings. The lowest BCUT2D eigenvalue weighted by Crippen LogP contribution is -2.29. The summed E-state index contributed by atoms with van der Waals surface area (Å²) in [5, 5.41) is 0. The van der Waals surface area contributed by atoms with Crippen molar-refractivity contribution in [1.82, 2.24) is 4.98 Å². The molecule has 0 atom stereocenters. The molecule has 0 unspecified atom stereocenters. The molecule has 2 rings (SSSR count). The molecule has 0 amide bonds. The minimum Gasteiger partial charge on any atom is -0.461 e. The molecule has 2 aromatic rings. The number of carbonyl (C=O) groups excluding carboxylic acids is 1. The van der Waals surface area contributed by atoms with Gasteiger partial charge in [-0.15, -0.1) is 0 Å². The maximum absolute atomic E-state index is 13.9. The Balaban J connectivity index is 2.28. The SMILES string of the molecule is CCOC(=O)C(F)(F)c1ccc(C#Cc2ccccc2)c(Br)n1. The Hall–Kier alpha value is -2.26. The number of ether oxygens (including phenoxy) is 1. The van der Waals surface area contributed by atoms with Crippen LogP contribution < -0.4 is 0 Å². The van der Waals surface area contributed by atoms with E-state index >= 15 is 0 Å². The van der Waals surface area contributed by atoms with Gasteiger partial charge in [0.15, 0.2) is 0 Å². The van der Waals surface area contributed by atoms with Gasteiger partial charge in [0, 0.05) is 5.56 Å². The van der Waals surface area contributed by atoms with Crippen molar-refractivity contribution in [3.63, 3.8) is 0 Å². The number of alkyl halides is 2. The van der Waals surface area contributed by atoms with E-state index in [4.69, 9.17) is 0 Å². The van der Waals surface area contributed by atoms with Gasteiger partial charge in [-0.3, -0.25) is 0 Å². The highest BCUT2D eigenvalue weighted by molar-refractivity contribution is 9.10. The van der Waals surface area contributed by atoms with Crippen LogP contribution in [0.2, 0.25) is 0 Å². The van der Waals surface area contributed by atoms with Crippen molar-refractivity contribution in [3.05, 3.63) is 63.9 Å². The highest BCUT2D eigenvalue weighted by atomic mass is 79.9. The summed E-state index contributed by atoms with van der Waals surface area (Å²) in [6, 6.07) is 11.7. The van der Waals surface area contributed by atoms with E-state index in [9.17, 15) is 13.6 Å². The standard InChI is InChI=1S/C17H12BrF2NO2/c1-2-23-16(22)17(19,20)14-11-10-13(15(18)21-14)9-8-12-6-4-3-5-7-12/h3-7,10-11H,2H2,1H3. The Bertz CT molecular complexity index is 767. The van der Waals surface area contributed by atoms with Crippen LogP contribution in [0.15, 0.2) is 47.1 Å². The van der Waals surface area contributed by atoms with Crippen molar-refractivity contribution in [2.75, 3.05) is 6.61 Å². The first kappa shape index (κ1) is 17.1. The summed E-state index contributed by atoms with van der Waals surface area (Å²) >= 11 is 3.10. The lowest BCUT2D eigenvalue weighted by molar-refractivity contribution is -0.173. The zero-order valence-corrected chi connectivity index (χ0v) is 13.7. The first-order valence-corrected chi connectivity index (χ1v) is 7.53. The number of esters is 1. The lowest BCUT2D eigenvalue weighted by Gasteiger charge is -2.14. The first-order valence-electron chi connectivity index (χ1n) is 6.74. The van der Waals surface area contributed by atoms with Gasteiger partial charge in [0.2, 0.25) is 0 Å². The Morgan fingerprint density at radius 3 is 2.52 bits per heavy atom. The molecule has 3 nitrogen and oxygen atoms in total. The fourth-order valence-corrected chi connectivity index (χ4v) is 2.11. The zero-order chi connectivity index (χ0) is 16.9.